The predicted molar refractivity (Wildman–Crippen MR) is 77.2 cm³/mol. The molecule has 1 aromatic heterocycles. The lowest BCUT2D eigenvalue weighted by molar-refractivity contribution is 0.268. The van der Waals surface area contributed by atoms with Gasteiger partial charge in [-0.3, -0.25) is 4.90 Å². The van der Waals surface area contributed by atoms with Crippen LogP contribution in [0.1, 0.15) is 19.8 Å². The summed E-state index contributed by atoms with van der Waals surface area (Å²) in [5.41, 5.74) is 7.99. The van der Waals surface area contributed by atoms with Gasteiger partial charge in [-0.1, -0.05) is 6.07 Å². The summed E-state index contributed by atoms with van der Waals surface area (Å²) >= 11 is 0. The maximum Gasteiger partial charge on any atom is 0.295 e. The van der Waals surface area contributed by atoms with Crippen molar-refractivity contribution in [2.45, 2.75) is 25.8 Å². The first-order chi connectivity index (χ1) is 9.24. The molecule has 5 heteroatoms. The summed E-state index contributed by atoms with van der Waals surface area (Å²) in [6.07, 6.45) is 2.62. The number of benzene rings is 1. The number of oxazole rings is 1. The van der Waals surface area contributed by atoms with E-state index in [-0.39, 0.29) is 0 Å². The quantitative estimate of drug-likeness (QED) is 0.826. The molecule has 1 aliphatic rings. The van der Waals surface area contributed by atoms with Crippen LogP contribution >= 0.6 is 0 Å². The molecular formula is C14H20N4O. The van der Waals surface area contributed by atoms with Crippen molar-refractivity contribution in [2.75, 3.05) is 30.7 Å². The van der Waals surface area contributed by atoms with Gasteiger partial charge in [0.1, 0.15) is 5.52 Å². The number of anilines is 2. The number of nitrogen functional groups attached to an aromatic ring is 1. The monoisotopic (exact) mass is 260 g/mol. The Morgan fingerprint density at radius 2 is 2.21 bits per heavy atom. The minimum Gasteiger partial charge on any atom is -0.423 e. The molecule has 0 spiro atoms. The van der Waals surface area contributed by atoms with Gasteiger partial charge in [0.15, 0.2) is 5.58 Å². The van der Waals surface area contributed by atoms with E-state index < -0.39 is 0 Å². The second-order valence-corrected chi connectivity index (χ2v) is 5.19. The van der Waals surface area contributed by atoms with E-state index in [1.807, 2.05) is 18.2 Å². The lowest BCUT2D eigenvalue weighted by Gasteiger charge is -2.23. The normalized spacial score (nSPS) is 17.9. The summed E-state index contributed by atoms with van der Waals surface area (Å²) in [4.78, 5) is 6.88. The Balaban J connectivity index is 1.66. The van der Waals surface area contributed by atoms with Crippen molar-refractivity contribution in [3.63, 3.8) is 0 Å². The van der Waals surface area contributed by atoms with E-state index in [2.05, 4.69) is 22.1 Å². The van der Waals surface area contributed by atoms with Gasteiger partial charge in [0.05, 0.1) is 5.69 Å². The van der Waals surface area contributed by atoms with Crippen molar-refractivity contribution in [2.24, 2.45) is 0 Å². The summed E-state index contributed by atoms with van der Waals surface area (Å²) in [7, 11) is 0. The van der Waals surface area contributed by atoms with Crippen LogP contribution in [0.4, 0.5) is 11.7 Å². The molecule has 0 amide bonds. The van der Waals surface area contributed by atoms with Gasteiger partial charge in [-0.2, -0.15) is 4.98 Å². The van der Waals surface area contributed by atoms with Gasteiger partial charge in [-0.15, -0.1) is 0 Å². The van der Waals surface area contributed by atoms with E-state index in [0.717, 1.165) is 17.6 Å². The molecule has 19 heavy (non-hydrogen) atoms. The minimum atomic E-state index is 0.495. The molecule has 102 valence electrons. The van der Waals surface area contributed by atoms with Crippen molar-refractivity contribution >= 4 is 22.8 Å². The SMILES string of the molecule is CC(CNc1nc2c(N)cccc2o1)N1CCCC1. The molecule has 1 atom stereocenters. The number of rotatable bonds is 4. The van der Waals surface area contributed by atoms with Gasteiger partial charge in [0.25, 0.3) is 6.01 Å². The molecule has 2 aromatic rings. The Morgan fingerprint density at radius 3 is 2.95 bits per heavy atom. The zero-order valence-electron chi connectivity index (χ0n) is 11.2. The van der Waals surface area contributed by atoms with Gasteiger partial charge in [0.2, 0.25) is 0 Å². The molecule has 1 fully saturated rings. The Labute approximate surface area is 112 Å². The maximum absolute atomic E-state index is 5.87. The van der Waals surface area contributed by atoms with E-state index in [4.69, 9.17) is 10.2 Å². The molecule has 2 heterocycles. The van der Waals surface area contributed by atoms with E-state index in [9.17, 15) is 0 Å². The highest BCUT2D eigenvalue weighted by Gasteiger charge is 2.18. The molecular weight excluding hydrogens is 240 g/mol. The van der Waals surface area contributed by atoms with Gasteiger partial charge in [-0.05, 0) is 45.0 Å². The number of hydrogen-bond acceptors (Lipinski definition) is 5. The summed E-state index contributed by atoms with van der Waals surface area (Å²) < 4.78 is 5.64. The van der Waals surface area contributed by atoms with Crippen LogP contribution in [0.15, 0.2) is 22.6 Å². The van der Waals surface area contributed by atoms with Gasteiger partial charge in [-0.25, -0.2) is 0 Å². The van der Waals surface area contributed by atoms with Crippen LogP contribution in [-0.2, 0) is 0 Å². The smallest absolute Gasteiger partial charge is 0.295 e. The Morgan fingerprint density at radius 1 is 1.42 bits per heavy atom. The first-order valence-electron chi connectivity index (χ1n) is 6.87. The van der Waals surface area contributed by atoms with Crippen molar-refractivity contribution in [3.8, 4) is 0 Å². The first kappa shape index (κ1) is 12.3. The molecule has 0 aliphatic carbocycles. The lowest BCUT2D eigenvalue weighted by atomic mass is 10.3. The van der Waals surface area contributed by atoms with Gasteiger partial charge < -0.3 is 15.5 Å². The summed E-state index contributed by atoms with van der Waals surface area (Å²) in [5, 5.41) is 3.26. The molecule has 0 saturated carbocycles. The average Bonchev–Trinajstić information content (AvgIpc) is 3.05. The highest BCUT2D eigenvalue weighted by Crippen LogP contribution is 2.23. The zero-order chi connectivity index (χ0) is 13.2. The van der Waals surface area contributed by atoms with Gasteiger partial charge >= 0.3 is 0 Å². The number of nitrogens with two attached hydrogens (primary N) is 1. The van der Waals surface area contributed by atoms with Gasteiger partial charge in [0, 0.05) is 12.6 Å². The van der Waals surface area contributed by atoms with Crippen LogP contribution in [-0.4, -0.2) is 35.6 Å². The molecule has 1 aromatic carbocycles. The third-order valence-corrected chi connectivity index (χ3v) is 3.76. The molecule has 5 nitrogen and oxygen atoms in total. The van der Waals surface area contributed by atoms with Crippen molar-refractivity contribution in [1.29, 1.82) is 0 Å². The number of fused-ring (bicyclic) bond motifs is 1. The highest BCUT2D eigenvalue weighted by atomic mass is 16.4. The van der Waals surface area contributed by atoms with Crippen LogP contribution in [0.2, 0.25) is 0 Å². The molecule has 0 radical (unpaired) electrons. The van der Waals surface area contributed by atoms with E-state index >= 15 is 0 Å². The number of nitrogens with one attached hydrogen (secondary N) is 1. The standard InChI is InChI=1S/C14H20N4O/c1-10(18-7-2-3-8-18)9-16-14-17-13-11(15)5-4-6-12(13)19-14/h4-6,10H,2-3,7-9,15H2,1H3,(H,16,17). The van der Waals surface area contributed by atoms with E-state index in [0.29, 0.717) is 17.7 Å². The largest absolute Gasteiger partial charge is 0.423 e. The van der Waals surface area contributed by atoms with Crippen molar-refractivity contribution in [3.05, 3.63) is 18.2 Å². The lowest BCUT2D eigenvalue weighted by Crippen LogP contribution is -2.35. The number of nitrogens with zero attached hydrogens (tertiary/aromatic N) is 2. The molecule has 0 bridgehead atoms. The molecule has 1 saturated heterocycles. The van der Waals surface area contributed by atoms with Crippen molar-refractivity contribution < 1.29 is 4.42 Å². The van der Waals surface area contributed by atoms with Crippen LogP contribution < -0.4 is 11.1 Å². The number of aromatic nitrogens is 1. The molecule has 3 N–H and O–H groups in total. The Kier molecular flexibility index (Phi) is 3.29. The third kappa shape index (κ3) is 2.51. The summed E-state index contributed by atoms with van der Waals surface area (Å²) in [6, 6.07) is 6.64. The van der Waals surface area contributed by atoms with Crippen LogP contribution in [0.5, 0.6) is 0 Å². The summed E-state index contributed by atoms with van der Waals surface area (Å²) in [6.45, 7) is 5.47. The fraction of sp³-hybridized carbons (Fsp3) is 0.500. The maximum atomic E-state index is 5.87. The van der Waals surface area contributed by atoms with E-state index in [1.165, 1.54) is 25.9 Å². The van der Waals surface area contributed by atoms with Crippen LogP contribution in [0.3, 0.4) is 0 Å². The fourth-order valence-electron chi connectivity index (χ4n) is 2.59. The second kappa shape index (κ2) is 5.09. The molecule has 1 aliphatic heterocycles. The van der Waals surface area contributed by atoms with Crippen LogP contribution in [0.25, 0.3) is 11.1 Å². The average molecular weight is 260 g/mol. The third-order valence-electron chi connectivity index (χ3n) is 3.76. The topological polar surface area (TPSA) is 67.3 Å². The zero-order valence-corrected chi connectivity index (χ0v) is 11.2. The Hall–Kier alpha value is -1.75. The molecule has 1 unspecified atom stereocenters. The number of likely N-dealkylation sites (tertiary alicyclic amines) is 1. The first-order valence-corrected chi connectivity index (χ1v) is 6.87. The van der Waals surface area contributed by atoms with Crippen LogP contribution in [0, 0.1) is 0 Å². The summed E-state index contributed by atoms with van der Waals surface area (Å²) in [5.74, 6) is 0. The van der Waals surface area contributed by atoms with E-state index in [1.54, 1.807) is 0 Å². The van der Waals surface area contributed by atoms with Crippen molar-refractivity contribution in [1.82, 2.24) is 9.88 Å². The number of hydrogen-bond donors (Lipinski definition) is 2. The predicted octanol–water partition coefficient (Wildman–Crippen LogP) is 2.31. The highest BCUT2D eigenvalue weighted by molar-refractivity contribution is 5.86. The Bertz CT molecular complexity index is 560. The molecule has 3 rings (SSSR count). The fourth-order valence-corrected chi connectivity index (χ4v) is 2.59. The number of para-hydroxylation sites is 1. The minimum absolute atomic E-state index is 0.495. The second-order valence-electron chi connectivity index (χ2n) is 5.19.